The highest BCUT2D eigenvalue weighted by molar-refractivity contribution is 6.04. The van der Waals surface area contributed by atoms with E-state index < -0.39 is 23.3 Å². The molecule has 1 fully saturated rings. The van der Waals surface area contributed by atoms with Gasteiger partial charge in [0.25, 0.3) is 11.5 Å². The van der Waals surface area contributed by atoms with Gasteiger partial charge in [-0.1, -0.05) is 49.6 Å². The standard InChI is InChI=1S/C33H36N4O5/c1-33(2,32(42)34-24-17-13-22(14-18-24)15-20-29(38)39)35-30(40)23-16-19-28-27(21-23)31(41)37(26-11-7-4-8-12-26)36(28)25-9-5-3-6-10-25/h4,7-8,11-14,16-19,21,25H,3,5-6,9-10,15,20H2,1-2H3,(H,34,42)(H,35,40)(H,38,39). The maximum Gasteiger partial charge on any atom is 0.303 e. The van der Waals surface area contributed by atoms with Gasteiger partial charge in [-0.25, -0.2) is 4.68 Å². The van der Waals surface area contributed by atoms with Crippen molar-refractivity contribution < 1.29 is 19.5 Å². The second-order valence-electron chi connectivity index (χ2n) is 11.4. The fourth-order valence-electron chi connectivity index (χ4n) is 5.57. The fraction of sp³-hybridized carbons (Fsp3) is 0.333. The Morgan fingerprint density at radius 2 is 1.62 bits per heavy atom. The number of anilines is 1. The van der Waals surface area contributed by atoms with Crippen molar-refractivity contribution in [2.75, 3.05) is 5.32 Å². The second-order valence-corrected chi connectivity index (χ2v) is 11.4. The zero-order valence-electron chi connectivity index (χ0n) is 23.9. The van der Waals surface area contributed by atoms with Crippen LogP contribution in [-0.2, 0) is 16.0 Å². The summed E-state index contributed by atoms with van der Waals surface area (Å²) in [5.74, 6) is -1.74. The predicted octanol–water partition coefficient (Wildman–Crippen LogP) is 5.46. The average Bonchev–Trinajstić information content (AvgIpc) is 3.28. The smallest absolute Gasteiger partial charge is 0.303 e. The summed E-state index contributed by atoms with van der Waals surface area (Å²) in [6, 6.07) is 21.8. The number of hydrogen-bond acceptors (Lipinski definition) is 4. The van der Waals surface area contributed by atoms with Crippen molar-refractivity contribution in [1.82, 2.24) is 14.7 Å². The molecule has 1 aliphatic rings. The van der Waals surface area contributed by atoms with Crippen molar-refractivity contribution in [1.29, 1.82) is 0 Å². The molecule has 218 valence electrons. The minimum absolute atomic E-state index is 0.0297. The lowest BCUT2D eigenvalue weighted by atomic mass is 9.95. The number of aliphatic carboxylic acids is 1. The van der Waals surface area contributed by atoms with Gasteiger partial charge >= 0.3 is 5.97 Å². The first kappa shape index (κ1) is 28.9. The van der Waals surface area contributed by atoms with E-state index in [0.29, 0.717) is 23.1 Å². The number of benzene rings is 3. The van der Waals surface area contributed by atoms with Crippen molar-refractivity contribution in [2.24, 2.45) is 0 Å². The van der Waals surface area contributed by atoms with Crippen molar-refractivity contribution >= 4 is 34.4 Å². The summed E-state index contributed by atoms with van der Waals surface area (Å²) in [4.78, 5) is 51.0. The van der Waals surface area contributed by atoms with Crippen molar-refractivity contribution in [3.63, 3.8) is 0 Å². The number of carboxylic acid groups (broad SMARTS) is 1. The molecule has 1 saturated carbocycles. The summed E-state index contributed by atoms with van der Waals surface area (Å²) in [6.45, 7) is 3.23. The molecule has 4 aromatic rings. The number of nitrogens with zero attached hydrogens (tertiary/aromatic N) is 2. The number of aromatic nitrogens is 2. The molecule has 5 rings (SSSR count). The van der Waals surface area contributed by atoms with E-state index in [4.69, 9.17) is 5.11 Å². The number of para-hydroxylation sites is 1. The van der Waals surface area contributed by atoms with Gasteiger partial charge in [-0.15, -0.1) is 0 Å². The third-order valence-electron chi connectivity index (χ3n) is 7.90. The molecule has 0 aliphatic heterocycles. The normalized spacial score (nSPS) is 14.0. The number of hydrogen-bond donors (Lipinski definition) is 3. The van der Waals surface area contributed by atoms with E-state index >= 15 is 0 Å². The third-order valence-corrected chi connectivity index (χ3v) is 7.90. The van der Waals surface area contributed by atoms with Gasteiger partial charge in [0.1, 0.15) is 5.54 Å². The van der Waals surface area contributed by atoms with Crippen LogP contribution in [0.1, 0.15) is 74.3 Å². The Kier molecular flexibility index (Phi) is 8.29. The van der Waals surface area contributed by atoms with Crippen LogP contribution in [0.25, 0.3) is 16.6 Å². The van der Waals surface area contributed by atoms with Gasteiger partial charge < -0.3 is 15.7 Å². The van der Waals surface area contributed by atoms with Gasteiger partial charge in [0.15, 0.2) is 0 Å². The van der Waals surface area contributed by atoms with E-state index in [1.165, 1.54) is 6.42 Å². The van der Waals surface area contributed by atoms with E-state index in [2.05, 4.69) is 15.3 Å². The highest BCUT2D eigenvalue weighted by atomic mass is 16.4. The molecule has 0 saturated heterocycles. The molecular formula is C33H36N4O5. The summed E-state index contributed by atoms with van der Waals surface area (Å²) in [6.07, 6.45) is 5.83. The van der Waals surface area contributed by atoms with Crippen molar-refractivity contribution in [2.45, 2.75) is 70.4 Å². The van der Waals surface area contributed by atoms with Crippen LogP contribution in [0.3, 0.4) is 0 Å². The number of carboxylic acids is 1. The Morgan fingerprint density at radius 3 is 2.29 bits per heavy atom. The minimum Gasteiger partial charge on any atom is -0.481 e. The van der Waals surface area contributed by atoms with Crippen LogP contribution in [0.2, 0.25) is 0 Å². The van der Waals surface area contributed by atoms with Crippen molar-refractivity contribution in [3.05, 3.63) is 94.3 Å². The molecule has 1 heterocycles. The number of nitrogens with one attached hydrogen (secondary N) is 2. The van der Waals surface area contributed by atoms with Crippen LogP contribution >= 0.6 is 0 Å². The number of fused-ring (bicyclic) bond motifs is 1. The SMILES string of the molecule is CC(C)(NC(=O)c1ccc2c(c1)c(=O)n(-c1ccccc1)n2C1CCCCC1)C(=O)Nc1ccc(CCC(=O)O)cc1. The van der Waals surface area contributed by atoms with E-state index in [1.807, 2.05) is 36.4 Å². The van der Waals surface area contributed by atoms with Crippen LogP contribution in [0.5, 0.6) is 0 Å². The Balaban J connectivity index is 1.37. The number of carbonyl (C=O) groups is 3. The molecule has 0 unspecified atom stereocenters. The van der Waals surface area contributed by atoms with Crippen LogP contribution in [0.15, 0.2) is 77.6 Å². The van der Waals surface area contributed by atoms with Gasteiger partial charge in [-0.05, 0) is 81.1 Å². The van der Waals surface area contributed by atoms with Gasteiger partial charge in [0.2, 0.25) is 5.91 Å². The number of amides is 2. The van der Waals surface area contributed by atoms with Crippen LogP contribution in [-0.4, -0.2) is 37.8 Å². The summed E-state index contributed by atoms with van der Waals surface area (Å²) in [5, 5.41) is 14.9. The van der Waals surface area contributed by atoms with Gasteiger partial charge in [-0.3, -0.25) is 23.9 Å². The molecule has 9 nitrogen and oxygen atoms in total. The lowest BCUT2D eigenvalue weighted by molar-refractivity contribution is -0.137. The van der Waals surface area contributed by atoms with E-state index in [9.17, 15) is 19.2 Å². The van der Waals surface area contributed by atoms with E-state index in [1.54, 1.807) is 54.9 Å². The quantitative estimate of drug-likeness (QED) is 0.247. The van der Waals surface area contributed by atoms with Crippen LogP contribution in [0, 0.1) is 0 Å². The fourth-order valence-corrected chi connectivity index (χ4v) is 5.57. The van der Waals surface area contributed by atoms with E-state index in [-0.39, 0.29) is 18.0 Å². The summed E-state index contributed by atoms with van der Waals surface area (Å²) in [7, 11) is 0. The highest BCUT2D eigenvalue weighted by Gasteiger charge is 2.31. The maximum atomic E-state index is 13.8. The Morgan fingerprint density at radius 1 is 0.929 bits per heavy atom. The zero-order chi connectivity index (χ0) is 29.9. The Labute approximate surface area is 244 Å². The minimum atomic E-state index is -1.26. The molecule has 3 N–H and O–H groups in total. The topological polar surface area (TPSA) is 122 Å². The molecule has 1 aliphatic carbocycles. The molecule has 0 atom stereocenters. The molecule has 42 heavy (non-hydrogen) atoms. The molecule has 0 radical (unpaired) electrons. The highest BCUT2D eigenvalue weighted by Crippen LogP contribution is 2.32. The van der Waals surface area contributed by atoms with Gasteiger partial charge in [0.05, 0.1) is 22.6 Å². The first-order valence-electron chi connectivity index (χ1n) is 14.4. The predicted molar refractivity (Wildman–Crippen MR) is 162 cm³/mol. The number of carbonyl (C=O) groups excluding carboxylic acids is 2. The molecule has 9 heteroatoms. The first-order valence-corrected chi connectivity index (χ1v) is 14.4. The Hall–Kier alpha value is -4.66. The van der Waals surface area contributed by atoms with Crippen LogP contribution < -0.4 is 16.2 Å². The first-order chi connectivity index (χ1) is 20.1. The van der Waals surface area contributed by atoms with E-state index in [0.717, 1.165) is 42.5 Å². The zero-order valence-corrected chi connectivity index (χ0v) is 23.9. The number of rotatable bonds is 9. The summed E-state index contributed by atoms with van der Waals surface area (Å²) < 4.78 is 3.82. The van der Waals surface area contributed by atoms with Crippen molar-refractivity contribution in [3.8, 4) is 5.69 Å². The molecule has 0 spiro atoms. The summed E-state index contributed by atoms with van der Waals surface area (Å²) >= 11 is 0. The Bertz CT molecular complexity index is 1660. The summed E-state index contributed by atoms with van der Waals surface area (Å²) in [5.41, 5.74) is 1.81. The maximum absolute atomic E-state index is 13.8. The molecule has 2 amide bonds. The lowest BCUT2D eigenvalue weighted by Crippen LogP contribution is -2.52. The van der Waals surface area contributed by atoms with Gasteiger partial charge in [0, 0.05) is 17.7 Å². The molecule has 0 bridgehead atoms. The second kappa shape index (κ2) is 12.1. The molecule has 3 aromatic carbocycles. The largest absolute Gasteiger partial charge is 0.481 e. The lowest BCUT2D eigenvalue weighted by Gasteiger charge is -2.27. The third kappa shape index (κ3) is 6.15. The van der Waals surface area contributed by atoms with Gasteiger partial charge in [-0.2, -0.15) is 0 Å². The number of aryl methyl sites for hydroxylation is 1. The molecule has 1 aromatic heterocycles. The average molecular weight is 569 g/mol. The van der Waals surface area contributed by atoms with Crippen LogP contribution in [0.4, 0.5) is 5.69 Å². The monoisotopic (exact) mass is 568 g/mol. The molecular weight excluding hydrogens is 532 g/mol.